The fourth-order valence-electron chi connectivity index (χ4n) is 1.34. The molecule has 0 spiro atoms. The van der Waals surface area contributed by atoms with E-state index in [1.165, 1.54) is 6.07 Å². The van der Waals surface area contributed by atoms with Gasteiger partial charge < -0.3 is 10.4 Å². The fraction of sp³-hybridized carbons (Fsp3) is 0.417. The van der Waals surface area contributed by atoms with E-state index in [9.17, 15) is 9.18 Å². The highest BCUT2D eigenvalue weighted by atomic mass is 79.9. The molecule has 0 fully saturated rings. The lowest BCUT2D eigenvalue weighted by atomic mass is 10.0. The van der Waals surface area contributed by atoms with Crippen LogP contribution in [0.4, 0.5) is 4.39 Å². The van der Waals surface area contributed by atoms with Gasteiger partial charge in [-0.1, -0.05) is 22.9 Å². The van der Waals surface area contributed by atoms with Crippen LogP contribution in [0.1, 0.15) is 19.4 Å². The van der Waals surface area contributed by atoms with Crippen molar-refractivity contribution < 1.29 is 14.3 Å². The lowest BCUT2D eigenvalue weighted by molar-refractivity contribution is -0.141. The summed E-state index contributed by atoms with van der Waals surface area (Å²) < 4.78 is 14.2. The van der Waals surface area contributed by atoms with Crippen LogP contribution in [0.3, 0.4) is 0 Å². The number of carbonyl (C=O) groups is 1. The van der Waals surface area contributed by atoms with Crippen molar-refractivity contribution in [1.29, 1.82) is 0 Å². The third-order valence-corrected chi connectivity index (χ3v) is 3.26. The zero-order valence-corrected chi connectivity index (χ0v) is 11.3. The number of carboxylic acid groups (broad SMARTS) is 1. The van der Waals surface area contributed by atoms with Gasteiger partial charge in [0.15, 0.2) is 0 Å². The monoisotopic (exact) mass is 303 g/mol. The topological polar surface area (TPSA) is 49.3 Å². The van der Waals surface area contributed by atoms with Gasteiger partial charge in [-0.25, -0.2) is 4.39 Å². The average molecular weight is 304 g/mol. The molecular formula is C12H15BrFNO2. The molecular weight excluding hydrogens is 289 g/mol. The van der Waals surface area contributed by atoms with Crippen molar-refractivity contribution in [3.8, 4) is 0 Å². The average Bonchev–Trinajstić information content (AvgIpc) is 2.28. The third-order valence-electron chi connectivity index (χ3n) is 2.76. The molecule has 0 aromatic heterocycles. The van der Waals surface area contributed by atoms with Crippen LogP contribution in [-0.2, 0) is 11.3 Å². The summed E-state index contributed by atoms with van der Waals surface area (Å²) in [5.41, 5.74) is 0.517. The van der Waals surface area contributed by atoms with E-state index < -0.39 is 11.9 Å². The Labute approximate surface area is 108 Å². The minimum absolute atomic E-state index is 0.217. The van der Waals surface area contributed by atoms with Gasteiger partial charge in [0.1, 0.15) is 5.82 Å². The second-order valence-electron chi connectivity index (χ2n) is 4.03. The molecule has 0 radical (unpaired) electrons. The summed E-state index contributed by atoms with van der Waals surface area (Å²) in [4.78, 5) is 10.8. The number of nitrogens with one attached hydrogen (secondary N) is 1. The van der Waals surface area contributed by atoms with Crippen molar-refractivity contribution in [2.75, 3.05) is 0 Å². The number of benzene rings is 1. The minimum Gasteiger partial charge on any atom is -0.481 e. The van der Waals surface area contributed by atoms with Crippen LogP contribution >= 0.6 is 15.9 Å². The molecule has 2 N–H and O–H groups in total. The second-order valence-corrected chi connectivity index (χ2v) is 4.95. The molecule has 1 aromatic rings. The predicted octanol–water partition coefficient (Wildman–Crippen LogP) is 2.79. The molecule has 2 atom stereocenters. The Morgan fingerprint density at radius 3 is 2.76 bits per heavy atom. The van der Waals surface area contributed by atoms with Gasteiger partial charge in [-0.2, -0.15) is 0 Å². The van der Waals surface area contributed by atoms with Gasteiger partial charge >= 0.3 is 5.97 Å². The van der Waals surface area contributed by atoms with Gasteiger partial charge in [-0.3, -0.25) is 4.79 Å². The van der Waals surface area contributed by atoms with Gasteiger partial charge in [0.05, 0.1) is 5.92 Å². The van der Waals surface area contributed by atoms with E-state index in [-0.39, 0.29) is 11.9 Å². The normalized spacial score (nSPS) is 14.4. The zero-order valence-electron chi connectivity index (χ0n) is 9.71. The standard InChI is InChI=1S/C12H15BrFNO2/c1-7(12(16)17)8(2)15-6-9-5-10(13)3-4-11(9)14/h3-5,7-8,15H,6H2,1-2H3,(H,16,17). The maximum atomic E-state index is 13.4. The van der Waals surface area contributed by atoms with E-state index in [4.69, 9.17) is 5.11 Å². The van der Waals surface area contributed by atoms with Crippen molar-refractivity contribution in [3.63, 3.8) is 0 Å². The number of carboxylic acids is 1. The van der Waals surface area contributed by atoms with Gasteiger partial charge in [0, 0.05) is 22.6 Å². The Bertz CT molecular complexity index is 411. The first-order chi connectivity index (χ1) is 7.91. The van der Waals surface area contributed by atoms with E-state index in [0.29, 0.717) is 12.1 Å². The first-order valence-electron chi connectivity index (χ1n) is 5.32. The number of hydrogen-bond acceptors (Lipinski definition) is 2. The lowest BCUT2D eigenvalue weighted by Gasteiger charge is -2.18. The SMILES string of the molecule is CC(NCc1cc(Br)ccc1F)C(C)C(=O)O. The van der Waals surface area contributed by atoms with E-state index in [0.717, 1.165) is 4.47 Å². The Hall–Kier alpha value is -0.940. The van der Waals surface area contributed by atoms with Crippen molar-refractivity contribution in [2.45, 2.75) is 26.4 Å². The molecule has 5 heteroatoms. The molecule has 3 nitrogen and oxygen atoms in total. The molecule has 0 amide bonds. The highest BCUT2D eigenvalue weighted by Gasteiger charge is 2.18. The molecule has 17 heavy (non-hydrogen) atoms. The van der Waals surface area contributed by atoms with Gasteiger partial charge in [0.2, 0.25) is 0 Å². The highest BCUT2D eigenvalue weighted by molar-refractivity contribution is 9.10. The Kier molecular flexibility index (Phi) is 5.08. The smallest absolute Gasteiger partial charge is 0.307 e. The Balaban J connectivity index is 2.61. The predicted molar refractivity (Wildman–Crippen MR) is 67.2 cm³/mol. The van der Waals surface area contributed by atoms with E-state index >= 15 is 0 Å². The summed E-state index contributed by atoms with van der Waals surface area (Å²) in [6.45, 7) is 3.70. The quantitative estimate of drug-likeness (QED) is 0.879. The Morgan fingerprint density at radius 2 is 2.18 bits per heavy atom. The van der Waals surface area contributed by atoms with E-state index in [2.05, 4.69) is 21.2 Å². The maximum absolute atomic E-state index is 13.4. The molecule has 0 aliphatic heterocycles. The van der Waals surface area contributed by atoms with Crippen molar-refractivity contribution >= 4 is 21.9 Å². The molecule has 0 bridgehead atoms. The first-order valence-corrected chi connectivity index (χ1v) is 6.11. The summed E-state index contributed by atoms with van der Waals surface area (Å²) in [5, 5.41) is 11.8. The van der Waals surface area contributed by atoms with E-state index in [1.807, 2.05) is 0 Å². The van der Waals surface area contributed by atoms with Crippen molar-refractivity contribution in [2.24, 2.45) is 5.92 Å². The molecule has 0 heterocycles. The van der Waals surface area contributed by atoms with Crippen molar-refractivity contribution in [3.05, 3.63) is 34.1 Å². The molecule has 2 unspecified atom stereocenters. The highest BCUT2D eigenvalue weighted by Crippen LogP contribution is 2.16. The van der Waals surface area contributed by atoms with Crippen LogP contribution < -0.4 is 5.32 Å². The van der Waals surface area contributed by atoms with Crippen LogP contribution in [0.5, 0.6) is 0 Å². The summed E-state index contributed by atoms with van der Waals surface area (Å²) >= 11 is 3.27. The molecule has 1 rings (SSSR count). The maximum Gasteiger partial charge on any atom is 0.307 e. The fourth-order valence-corrected chi connectivity index (χ4v) is 1.75. The second kappa shape index (κ2) is 6.12. The van der Waals surface area contributed by atoms with Crippen LogP contribution in [-0.4, -0.2) is 17.1 Å². The molecule has 0 aliphatic rings. The summed E-state index contributed by atoms with van der Waals surface area (Å²) in [7, 11) is 0. The largest absolute Gasteiger partial charge is 0.481 e. The van der Waals surface area contributed by atoms with Gasteiger partial charge in [0.25, 0.3) is 0 Å². The third kappa shape index (κ3) is 4.09. The summed E-state index contributed by atoms with van der Waals surface area (Å²) in [5.74, 6) is -1.67. The molecule has 0 aliphatic carbocycles. The lowest BCUT2D eigenvalue weighted by Crippen LogP contribution is -2.35. The molecule has 1 aromatic carbocycles. The number of halogens is 2. The van der Waals surface area contributed by atoms with E-state index in [1.54, 1.807) is 26.0 Å². The number of hydrogen-bond donors (Lipinski definition) is 2. The molecule has 94 valence electrons. The molecule has 0 saturated heterocycles. The minimum atomic E-state index is -0.861. The van der Waals surface area contributed by atoms with Crippen LogP contribution in [0, 0.1) is 11.7 Å². The van der Waals surface area contributed by atoms with Crippen LogP contribution in [0.2, 0.25) is 0 Å². The summed E-state index contributed by atoms with van der Waals surface area (Å²) in [6, 6.07) is 4.47. The first kappa shape index (κ1) is 14.1. The van der Waals surface area contributed by atoms with Gasteiger partial charge in [-0.05, 0) is 25.1 Å². The van der Waals surface area contributed by atoms with Crippen LogP contribution in [0.25, 0.3) is 0 Å². The van der Waals surface area contributed by atoms with Crippen molar-refractivity contribution in [1.82, 2.24) is 5.32 Å². The zero-order chi connectivity index (χ0) is 13.0. The van der Waals surface area contributed by atoms with Gasteiger partial charge in [-0.15, -0.1) is 0 Å². The number of rotatable bonds is 5. The van der Waals surface area contributed by atoms with Crippen LogP contribution in [0.15, 0.2) is 22.7 Å². The summed E-state index contributed by atoms with van der Waals surface area (Å²) in [6.07, 6.45) is 0. The molecule has 0 saturated carbocycles. The number of aliphatic carboxylic acids is 1. The Morgan fingerprint density at radius 1 is 1.53 bits per heavy atom.